The SMILES string of the molecule is COc1cc(Nc2nc(N3CCC(O)(CO)CC3)nc3cc[nH]c(=O)c23)ccc1Cl. The second-order valence-corrected chi connectivity index (χ2v) is 7.69. The minimum Gasteiger partial charge on any atom is -0.495 e. The van der Waals surface area contributed by atoms with E-state index in [9.17, 15) is 15.0 Å². The molecule has 0 atom stereocenters. The van der Waals surface area contributed by atoms with Crippen molar-refractivity contribution in [1.29, 1.82) is 0 Å². The summed E-state index contributed by atoms with van der Waals surface area (Å²) in [5.41, 5.74) is -0.240. The number of nitrogens with zero attached hydrogens (tertiary/aromatic N) is 3. The van der Waals surface area contributed by atoms with Crippen LogP contribution in [0.15, 0.2) is 35.3 Å². The maximum Gasteiger partial charge on any atom is 0.261 e. The Bertz CT molecular complexity index is 1130. The fourth-order valence-electron chi connectivity index (χ4n) is 3.47. The van der Waals surface area contributed by atoms with Crippen LogP contribution in [0, 0.1) is 0 Å². The van der Waals surface area contributed by atoms with E-state index in [1.807, 2.05) is 4.90 Å². The highest BCUT2D eigenvalue weighted by Crippen LogP contribution is 2.31. The molecule has 0 spiro atoms. The van der Waals surface area contributed by atoms with E-state index in [1.165, 1.54) is 13.3 Å². The first-order valence-electron chi connectivity index (χ1n) is 9.51. The predicted molar refractivity (Wildman–Crippen MR) is 115 cm³/mol. The number of rotatable bonds is 5. The van der Waals surface area contributed by atoms with Gasteiger partial charge in [-0.3, -0.25) is 4.79 Å². The molecule has 0 saturated carbocycles. The summed E-state index contributed by atoms with van der Waals surface area (Å²) in [6.45, 7) is 0.694. The van der Waals surface area contributed by atoms with Gasteiger partial charge in [0, 0.05) is 31.0 Å². The summed E-state index contributed by atoms with van der Waals surface area (Å²) in [6.07, 6.45) is 2.34. The maximum atomic E-state index is 12.5. The molecule has 2 aromatic heterocycles. The first-order chi connectivity index (χ1) is 14.4. The third kappa shape index (κ3) is 3.91. The quantitative estimate of drug-likeness (QED) is 0.484. The van der Waals surface area contributed by atoms with E-state index in [0.717, 1.165) is 0 Å². The van der Waals surface area contributed by atoms with Crippen LogP contribution in [-0.2, 0) is 0 Å². The Morgan fingerprint density at radius 2 is 2.07 bits per heavy atom. The normalized spacial score (nSPS) is 15.9. The van der Waals surface area contributed by atoms with E-state index < -0.39 is 5.60 Å². The van der Waals surface area contributed by atoms with Crippen molar-refractivity contribution in [2.24, 2.45) is 0 Å². The highest BCUT2D eigenvalue weighted by atomic mass is 35.5. The molecule has 0 amide bonds. The van der Waals surface area contributed by atoms with Crippen LogP contribution in [0.3, 0.4) is 0 Å². The van der Waals surface area contributed by atoms with Crippen LogP contribution >= 0.6 is 11.6 Å². The van der Waals surface area contributed by atoms with Gasteiger partial charge in [-0.15, -0.1) is 0 Å². The number of halogens is 1. The molecule has 9 nitrogen and oxygen atoms in total. The molecule has 158 valence electrons. The van der Waals surface area contributed by atoms with Crippen LogP contribution in [0.4, 0.5) is 17.5 Å². The lowest BCUT2D eigenvalue weighted by atomic mass is 9.93. The zero-order valence-electron chi connectivity index (χ0n) is 16.4. The minimum atomic E-state index is -1.08. The van der Waals surface area contributed by atoms with E-state index in [0.29, 0.717) is 65.1 Å². The Labute approximate surface area is 177 Å². The standard InChI is InChI=1S/C20H22ClN5O4/c1-30-15-10-12(2-3-13(15)21)23-17-16-14(4-7-22-18(16)28)24-19(25-17)26-8-5-20(29,11-27)6-9-26/h2-4,7,10,27,29H,5-6,8-9,11H2,1H3,(H,22,28)(H,23,24,25). The lowest BCUT2D eigenvalue weighted by molar-refractivity contribution is -0.0327. The minimum absolute atomic E-state index is 0.278. The average Bonchev–Trinajstić information content (AvgIpc) is 2.75. The molecule has 1 aromatic carbocycles. The lowest BCUT2D eigenvalue weighted by Gasteiger charge is -2.37. The molecular formula is C20H22ClN5O4. The highest BCUT2D eigenvalue weighted by Gasteiger charge is 2.32. The third-order valence-electron chi connectivity index (χ3n) is 5.29. The third-order valence-corrected chi connectivity index (χ3v) is 5.61. The van der Waals surface area contributed by atoms with Crippen LogP contribution in [0.2, 0.25) is 5.02 Å². The lowest BCUT2D eigenvalue weighted by Crippen LogP contribution is -2.47. The number of hydrogen-bond donors (Lipinski definition) is 4. The van der Waals surface area contributed by atoms with Crippen molar-refractivity contribution in [3.8, 4) is 5.75 Å². The molecule has 3 heterocycles. The van der Waals surface area contributed by atoms with Crippen LogP contribution < -0.4 is 20.5 Å². The van der Waals surface area contributed by atoms with Gasteiger partial charge in [-0.05, 0) is 31.0 Å². The number of H-pyrrole nitrogens is 1. The van der Waals surface area contributed by atoms with E-state index in [1.54, 1.807) is 24.3 Å². The summed E-state index contributed by atoms with van der Waals surface area (Å²) in [5, 5.41) is 23.6. The summed E-state index contributed by atoms with van der Waals surface area (Å²) in [6, 6.07) is 6.88. The Morgan fingerprint density at radius 3 is 2.77 bits per heavy atom. The summed E-state index contributed by atoms with van der Waals surface area (Å²) in [5.74, 6) is 1.29. The molecule has 0 unspecified atom stereocenters. The number of benzene rings is 1. The zero-order valence-corrected chi connectivity index (χ0v) is 17.1. The molecule has 1 fully saturated rings. The van der Waals surface area contributed by atoms with Crippen molar-refractivity contribution in [3.63, 3.8) is 0 Å². The summed E-state index contributed by atoms with van der Waals surface area (Å²) in [4.78, 5) is 26.2. The van der Waals surface area contributed by atoms with Crippen molar-refractivity contribution in [3.05, 3.63) is 45.8 Å². The van der Waals surface area contributed by atoms with Crippen LogP contribution in [0.25, 0.3) is 10.9 Å². The molecule has 0 radical (unpaired) electrons. The summed E-state index contributed by atoms with van der Waals surface area (Å²) < 4.78 is 5.26. The van der Waals surface area contributed by atoms with Gasteiger partial charge < -0.3 is 30.2 Å². The molecule has 10 heteroatoms. The number of aliphatic hydroxyl groups excluding tert-OH is 1. The zero-order chi connectivity index (χ0) is 21.3. The van der Waals surface area contributed by atoms with Crippen LogP contribution in [-0.4, -0.2) is 57.6 Å². The van der Waals surface area contributed by atoms with Gasteiger partial charge in [0.1, 0.15) is 17.0 Å². The van der Waals surface area contributed by atoms with Crippen molar-refractivity contribution in [2.45, 2.75) is 18.4 Å². The number of pyridine rings is 1. The van der Waals surface area contributed by atoms with Crippen molar-refractivity contribution >= 4 is 40.0 Å². The topological polar surface area (TPSA) is 124 Å². The van der Waals surface area contributed by atoms with E-state index in [4.69, 9.17) is 16.3 Å². The van der Waals surface area contributed by atoms with Gasteiger partial charge >= 0.3 is 0 Å². The molecule has 3 aromatic rings. The number of nitrogens with one attached hydrogen (secondary N) is 2. The average molecular weight is 432 g/mol. The number of aromatic amines is 1. The second kappa shape index (κ2) is 8.10. The van der Waals surface area contributed by atoms with Crippen molar-refractivity contribution < 1.29 is 14.9 Å². The Balaban J connectivity index is 1.74. The maximum absolute atomic E-state index is 12.5. The number of aliphatic hydroxyl groups is 2. The number of aromatic nitrogens is 3. The van der Waals surface area contributed by atoms with E-state index >= 15 is 0 Å². The van der Waals surface area contributed by atoms with Gasteiger partial charge in [-0.25, -0.2) is 4.98 Å². The molecule has 1 aliphatic heterocycles. The van der Waals surface area contributed by atoms with E-state index in [2.05, 4.69) is 20.3 Å². The van der Waals surface area contributed by atoms with Gasteiger partial charge in [-0.2, -0.15) is 4.98 Å². The van der Waals surface area contributed by atoms with Crippen molar-refractivity contribution in [1.82, 2.24) is 15.0 Å². The molecule has 0 aliphatic carbocycles. The Hall–Kier alpha value is -2.88. The molecule has 1 saturated heterocycles. The fraction of sp³-hybridized carbons (Fsp3) is 0.350. The fourth-order valence-corrected chi connectivity index (χ4v) is 3.66. The van der Waals surface area contributed by atoms with Gasteiger partial charge in [0.25, 0.3) is 5.56 Å². The largest absolute Gasteiger partial charge is 0.495 e. The number of ether oxygens (including phenoxy) is 1. The predicted octanol–water partition coefficient (Wildman–Crippen LogP) is 2.05. The first kappa shape index (κ1) is 20.4. The Kier molecular flexibility index (Phi) is 5.50. The number of piperidine rings is 1. The molecule has 4 rings (SSSR count). The van der Waals surface area contributed by atoms with Gasteiger partial charge in [-0.1, -0.05) is 11.6 Å². The molecule has 30 heavy (non-hydrogen) atoms. The van der Waals surface area contributed by atoms with Gasteiger partial charge in [0.15, 0.2) is 0 Å². The van der Waals surface area contributed by atoms with E-state index in [-0.39, 0.29) is 12.2 Å². The summed E-state index contributed by atoms with van der Waals surface area (Å²) in [7, 11) is 1.53. The highest BCUT2D eigenvalue weighted by molar-refractivity contribution is 6.32. The first-order valence-corrected chi connectivity index (χ1v) is 9.88. The van der Waals surface area contributed by atoms with Crippen LogP contribution in [0.5, 0.6) is 5.75 Å². The number of hydrogen-bond acceptors (Lipinski definition) is 8. The van der Waals surface area contributed by atoms with Crippen molar-refractivity contribution in [2.75, 3.05) is 37.0 Å². The number of fused-ring (bicyclic) bond motifs is 1. The van der Waals surface area contributed by atoms with Gasteiger partial charge in [0.05, 0.1) is 29.9 Å². The molecule has 0 bridgehead atoms. The summed E-state index contributed by atoms with van der Waals surface area (Å²) >= 11 is 6.10. The monoisotopic (exact) mass is 431 g/mol. The number of methoxy groups -OCH3 is 1. The Morgan fingerprint density at radius 1 is 1.30 bits per heavy atom. The molecule has 1 aliphatic rings. The van der Waals surface area contributed by atoms with Crippen LogP contribution in [0.1, 0.15) is 12.8 Å². The second-order valence-electron chi connectivity index (χ2n) is 7.28. The molecular weight excluding hydrogens is 410 g/mol. The smallest absolute Gasteiger partial charge is 0.261 e. The van der Waals surface area contributed by atoms with Gasteiger partial charge in [0.2, 0.25) is 5.95 Å². The molecule has 4 N–H and O–H groups in total. The number of anilines is 3.